The lowest BCUT2D eigenvalue weighted by molar-refractivity contribution is -0.120. The highest BCUT2D eigenvalue weighted by Crippen LogP contribution is 2.27. The number of primary amides is 1. The zero-order chi connectivity index (χ0) is 14.9. The van der Waals surface area contributed by atoms with Crippen LogP contribution in [0.2, 0.25) is 0 Å². The molecule has 110 valence electrons. The van der Waals surface area contributed by atoms with Crippen LogP contribution in [0, 0.1) is 0 Å². The monoisotopic (exact) mass is 294 g/mol. The van der Waals surface area contributed by atoms with Gasteiger partial charge in [0.2, 0.25) is 5.91 Å². The van der Waals surface area contributed by atoms with Gasteiger partial charge in [-0.3, -0.25) is 4.79 Å². The standard InChI is InChI=1S/C15H22N2O2S/c1-11(2)12-6-8-13(9-7-12)20(3,19)17-10-4-5-14(17)15(16)18/h6-9,11,14H,3-5,10H2,1-2H3,(H2,16,18)/t14-,20?/m0/s1. The van der Waals surface area contributed by atoms with Crippen molar-refractivity contribution in [3.8, 4) is 0 Å². The molecule has 2 rings (SSSR count). The van der Waals surface area contributed by atoms with E-state index in [2.05, 4.69) is 19.7 Å². The smallest absolute Gasteiger partial charge is 0.235 e. The van der Waals surface area contributed by atoms with E-state index in [1.54, 1.807) is 4.31 Å². The van der Waals surface area contributed by atoms with Gasteiger partial charge in [-0.15, -0.1) is 0 Å². The van der Waals surface area contributed by atoms with Crippen LogP contribution in [0.25, 0.3) is 0 Å². The van der Waals surface area contributed by atoms with Gasteiger partial charge in [-0.1, -0.05) is 26.0 Å². The molecular weight excluding hydrogens is 272 g/mol. The van der Waals surface area contributed by atoms with Gasteiger partial charge in [0.25, 0.3) is 0 Å². The molecule has 0 spiro atoms. The molecule has 1 fully saturated rings. The summed E-state index contributed by atoms with van der Waals surface area (Å²) in [5, 5.41) is 0. The van der Waals surface area contributed by atoms with Gasteiger partial charge in [0.1, 0.15) is 6.04 Å². The topological polar surface area (TPSA) is 63.4 Å². The third-order valence-electron chi connectivity index (χ3n) is 3.83. The fourth-order valence-corrected chi connectivity index (χ4v) is 4.45. The fourth-order valence-electron chi connectivity index (χ4n) is 2.58. The lowest BCUT2D eigenvalue weighted by atomic mass is 10.0. The van der Waals surface area contributed by atoms with E-state index in [0.29, 0.717) is 23.8 Å². The lowest BCUT2D eigenvalue weighted by Crippen LogP contribution is -2.43. The van der Waals surface area contributed by atoms with Crippen molar-refractivity contribution >= 4 is 21.5 Å². The SMILES string of the molecule is C=S(=O)(c1ccc(C(C)C)cc1)N1CCC[C@H]1C(N)=O. The summed E-state index contributed by atoms with van der Waals surface area (Å²) >= 11 is 0. The number of carbonyl (C=O) groups is 1. The molecule has 1 heterocycles. The third kappa shape index (κ3) is 2.74. The first-order valence-electron chi connectivity index (χ1n) is 6.87. The van der Waals surface area contributed by atoms with Crippen LogP contribution in [-0.4, -0.2) is 32.9 Å². The Kier molecular flexibility index (Phi) is 4.20. The van der Waals surface area contributed by atoms with Gasteiger partial charge in [0, 0.05) is 11.4 Å². The van der Waals surface area contributed by atoms with Crippen LogP contribution < -0.4 is 5.73 Å². The molecule has 2 atom stereocenters. The fraction of sp³-hybridized carbons (Fsp3) is 0.467. The Bertz CT molecular complexity index is 591. The molecule has 1 aliphatic rings. The Labute approximate surface area is 121 Å². The van der Waals surface area contributed by atoms with Gasteiger partial charge in [0.15, 0.2) is 0 Å². The first kappa shape index (κ1) is 15.1. The number of carbonyl (C=O) groups excluding carboxylic acids is 1. The van der Waals surface area contributed by atoms with Crippen molar-refractivity contribution in [2.45, 2.75) is 43.5 Å². The van der Waals surface area contributed by atoms with Crippen molar-refractivity contribution < 1.29 is 9.00 Å². The van der Waals surface area contributed by atoms with Crippen LogP contribution in [0.1, 0.15) is 38.2 Å². The van der Waals surface area contributed by atoms with Gasteiger partial charge in [-0.2, -0.15) is 0 Å². The Hall–Kier alpha value is -1.33. The van der Waals surface area contributed by atoms with Gasteiger partial charge < -0.3 is 5.73 Å². The minimum atomic E-state index is -2.64. The number of benzene rings is 1. The average molecular weight is 294 g/mol. The number of rotatable bonds is 4. The summed E-state index contributed by atoms with van der Waals surface area (Å²) in [7, 11) is -2.64. The van der Waals surface area contributed by atoms with E-state index in [0.717, 1.165) is 6.42 Å². The highest BCUT2D eigenvalue weighted by molar-refractivity contribution is 7.98. The van der Waals surface area contributed by atoms with Crippen molar-refractivity contribution in [3.63, 3.8) is 0 Å². The molecule has 0 bridgehead atoms. The van der Waals surface area contributed by atoms with Crippen LogP contribution in [-0.2, 0) is 14.5 Å². The molecule has 20 heavy (non-hydrogen) atoms. The zero-order valence-electron chi connectivity index (χ0n) is 12.0. The number of hydrogen-bond donors (Lipinski definition) is 1. The van der Waals surface area contributed by atoms with Crippen LogP contribution >= 0.6 is 0 Å². The maximum Gasteiger partial charge on any atom is 0.235 e. The molecule has 0 aliphatic carbocycles. The normalized spacial score (nSPS) is 22.9. The van der Waals surface area contributed by atoms with Crippen LogP contribution in [0.4, 0.5) is 0 Å². The second-order valence-electron chi connectivity index (χ2n) is 5.57. The molecule has 2 N–H and O–H groups in total. The lowest BCUT2D eigenvalue weighted by Gasteiger charge is -2.26. The molecule has 1 aliphatic heterocycles. The van der Waals surface area contributed by atoms with Crippen molar-refractivity contribution in [2.24, 2.45) is 5.73 Å². The molecule has 1 aromatic rings. The Balaban J connectivity index is 2.32. The van der Waals surface area contributed by atoms with Crippen LogP contribution in [0.3, 0.4) is 0 Å². The predicted octanol–water partition coefficient (Wildman–Crippen LogP) is 1.75. The summed E-state index contributed by atoms with van der Waals surface area (Å²) in [5.74, 6) is 3.88. The summed E-state index contributed by atoms with van der Waals surface area (Å²) < 4.78 is 14.7. The molecular formula is C15H22N2O2S. The summed E-state index contributed by atoms with van der Waals surface area (Å²) in [6, 6.07) is 7.17. The van der Waals surface area contributed by atoms with E-state index in [-0.39, 0.29) is 0 Å². The van der Waals surface area contributed by atoms with Crippen LogP contribution in [0.5, 0.6) is 0 Å². The Morgan fingerprint density at radius 3 is 2.50 bits per heavy atom. The molecule has 0 saturated carbocycles. The summed E-state index contributed by atoms with van der Waals surface area (Å²) in [4.78, 5) is 12.1. The quantitative estimate of drug-likeness (QED) is 0.860. The Morgan fingerprint density at radius 1 is 1.40 bits per heavy atom. The molecule has 0 radical (unpaired) electrons. The van der Waals surface area contributed by atoms with Crippen LogP contribution in [0.15, 0.2) is 29.2 Å². The molecule has 1 unspecified atom stereocenters. The minimum Gasteiger partial charge on any atom is -0.368 e. The second-order valence-corrected chi connectivity index (χ2v) is 7.79. The van der Waals surface area contributed by atoms with E-state index >= 15 is 0 Å². The van der Waals surface area contributed by atoms with Gasteiger partial charge in [-0.05, 0) is 42.3 Å². The summed E-state index contributed by atoms with van der Waals surface area (Å²) in [6.07, 6.45) is 1.48. The molecule has 1 saturated heterocycles. The number of hydrogen-bond acceptors (Lipinski definition) is 2. The van der Waals surface area contributed by atoms with E-state index in [4.69, 9.17) is 5.73 Å². The van der Waals surface area contributed by atoms with E-state index in [9.17, 15) is 9.00 Å². The van der Waals surface area contributed by atoms with Crippen molar-refractivity contribution in [1.29, 1.82) is 0 Å². The highest BCUT2D eigenvalue weighted by Gasteiger charge is 2.34. The maximum absolute atomic E-state index is 13.0. The molecule has 4 nitrogen and oxygen atoms in total. The average Bonchev–Trinajstić information content (AvgIpc) is 2.89. The Morgan fingerprint density at radius 2 is 2.00 bits per heavy atom. The first-order chi connectivity index (χ1) is 9.34. The van der Waals surface area contributed by atoms with Gasteiger partial charge in [0.05, 0.1) is 9.71 Å². The van der Waals surface area contributed by atoms with Gasteiger partial charge in [-0.25, -0.2) is 8.51 Å². The first-order valence-corrected chi connectivity index (χ1v) is 8.56. The molecule has 1 aromatic carbocycles. The minimum absolute atomic E-state index is 0.419. The van der Waals surface area contributed by atoms with E-state index in [1.807, 2.05) is 24.3 Å². The summed E-state index contributed by atoms with van der Waals surface area (Å²) in [5.41, 5.74) is 6.58. The van der Waals surface area contributed by atoms with Crippen molar-refractivity contribution in [1.82, 2.24) is 4.31 Å². The largest absolute Gasteiger partial charge is 0.368 e. The highest BCUT2D eigenvalue weighted by atomic mass is 32.2. The summed E-state index contributed by atoms with van der Waals surface area (Å²) in [6.45, 7) is 4.82. The van der Waals surface area contributed by atoms with Crippen molar-refractivity contribution in [3.05, 3.63) is 29.8 Å². The number of amides is 1. The third-order valence-corrected chi connectivity index (χ3v) is 6.03. The number of nitrogens with two attached hydrogens (primary N) is 1. The van der Waals surface area contributed by atoms with Gasteiger partial charge >= 0.3 is 0 Å². The molecule has 0 aromatic heterocycles. The predicted molar refractivity (Wildman–Crippen MR) is 83.0 cm³/mol. The number of nitrogens with zero attached hydrogens (tertiary/aromatic N) is 1. The maximum atomic E-state index is 13.0. The second kappa shape index (κ2) is 5.58. The van der Waals surface area contributed by atoms with Crippen molar-refractivity contribution in [2.75, 3.05) is 6.54 Å². The zero-order valence-corrected chi connectivity index (χ0v) is 12.9. The molecule has 1 amide bonds. The van der Waals surface area contributed by atoms with E-state index in [1.165, 1.54) is 5.56 Å². The molecule has 5 heteroatoms. The van der Waals surface area contributed by atoms with E-state index < -0.39 is 21.7 Å².